The predicted molar refractivity (Wildman–Crippen MR) is 78.3 cm³/mol. The first-order valence-corrected chi connectivity index (χ1v) is 6.92. The van der Waals surface area contributed by atoms with E-state index in [4.69, 9.17) is 11.6 Å². The van der Waals surface area contributed by atoms with Crippen molar-refractivity contribution in [2.24, 2.45) is 5.41 Å². The molecule has 100 valence electrons. The third-order valence-corrected chi connectivity index (χ3v) is 3.44. The zero-order valence-corrected chi connectivity index (χ0v) is 12.7. The minimum atomic E-state index is -0.435. The molecule has 1 unspecified atom stereocenters. The smallest absolute Gasteiger partial charge is 0.156 e. The molecule has 0 bridgehead atoms. The quantitative estimate of drug-likeness (QED) is 0.730. The van der Waals surface area contributed by atoms with E-state index in [1.54, 1.807) is 0 Å². The summed E-state index contributed by atoms with van der Waals surface area (Å²) in [5, 5.41) is -0.435. The van der Waals surface area contributed by atoms with Crippen LogP contribution in [0.15, 0.2) is 24.3 Å². The van der Waals surface area contributed by atoms with E-state index >= 15 is 0 Å². The zero-order chi connectivity index (χ0) is 13.9. The van der Waals surface area contributed by atoms with Gasteiger partial charge in [0.15, 0.2) is 5.78 Å². The fraction of sp³-hybridized carbons (Fsp3) is 0.562. The second-order valence-corrected chi connectivity index (χ2v) is 6.71. The molecule has 1 rings (SSSR count). The van der Waals surface area contributed by atoms with Crippen molar-refractivity contribution in [3.05, 3.63) is 35.4 Å². The molecule has 0 aromatic heterocycles. The highest BCUT2D eigenvalue weighted by Crippen LogP contribution is 2.23. The van der Waals surface area contributed by atoms with Crippen LogP contribution in [0.5, 0.6) is 0 Å². The van der Waals surface area contributed by atoms with E-state index in [1.807, 2.05) is 20.8 Å². The molecule has 2 heteroatoms. The summed E-state index contributed by atoms with van der Waals surface area (Å²) in [4.78, 5) is 12.0. The molecule has 18 heavy (non-hydrogen) atoms. The summed E-state index contributed by atoms with van der Waals surface area (Å²) < 4.78 is 0. The Morgan fingerprint density at radius 2 is 1.67 bits per heavy atom. The largest absolute Gasteiger partial charge is 0.297 e. The first-order valence-electron chi connectivity index (χ1n) is 6.49. The summed E-state index contributed by atoms with van der Waals surface area (Å²) in [6.07, 6.45) is 0.607. The monoisotopic (exact) mass is 266 g/mol. The lowest BCUT2D eigenvalue weighted by Gasteiger charge is -2.20. The highest BCUT2D eigenvalue weighted by atomic mass is 35.5. The Labute approximate surface area is 116 Å². The van der Waals surface area contributed by atoms with E-state index < -0.39 is 5.38 Å². The van der Waals surface area contributed by atoms with Crippen molar-refractivity contribution in [2.75, 3.05) is 0 Å². The van der Waals surface area contributed by atoms with Gasteiger partial charge in [-0.2, -0.15) is 0 Å². The Bertz CT molecular complexity index is 398. The Morgan fingerprint density at radius 1 is 1.17 bits per heavy atom. The van der Waals surface area contributed by atoms with Crippen molar-refractivity contribution in [1.82, 2.24) is 0 Å². The van der Waals surface area contributed by atoms with Crippen molar-refractivity contribution in [3.8, 4) is 0 Å². The lowest BCUT2D eigenvalue weighted by atomic mass is 9.87. The third-order valence-electron chi connectivity index (χ3n) is 3.08. The van der Waals surface area contributed by atoms with E-state index in [9.17, 15) is 4.79 Å². The average Bonchev–Trinajstić information content (AvgIpc) is 2.27. The van der Waals surface area contributed by atoms with Gasteiger partial charge in [0, 0.05) is 5.41 Å². The molecule has 0 aliphatic rings. The van der Waals surface area contributed by atoms with Crippen LogP contribution in [0, 0.1) is 5.41 Å². The summed E-state index contributed by atoms with van der Waals surface area (Å²) in [7, 11) is 0. The van der Waals surface area contributed by atoms with Crippen LogP contribution in [-0.4, -0.2) is 11.2 Å². The molecule has 1 aromatic carbocycles. The Kier molecular flexibility index (Phi) is 4.98. The number of benzene rings is 1. The summed E-state index contributed by atoms with van der Waals surface area (Å²) in [6.45, 7) is 10.1. The second kappa shape index (κ2) is 5.88. The Hall–Kier alpha value is -0.820. The number of rotatable bonds is 4. The molecule has 0 aliphatic heterocycles. The predicted octanol–water partition coefficient (Wildman–Crippen LogP) is 4.58. The lowest BCUT2D eigenvalue weighted by Crippen LogP contribution is -2.30. The standard InChI is InChI=1S/C16H23ClO/c1-11(2)13-8-6-12(7-9-13)10-14(17)15(18)16(3,4)5/h6-9,11,14H,10H2,1-5H3. The van der Waals surface area contributed by atoms with E-state index in [0.29, 0.717) is 12.3 Å². The maximum absolute atomic E-state index is 12.0. The highest BCUT2D eigenvalue weighted by Gasteiger charge is 2.28. The first-order chi connectivity index (χ1) is 8.21. The molecule has 1 aromatic rings. The molecule has 0 spiro atoms. The van der Waals surface area contributed by atoms with Crippen molar-refractivity contribution < 1.29 is 4.79 Å². The normalized spacial score (nSPS) is 13.7. The zero-order valence-electron chi connectivity index (χ0n) is 12.0. The molecule has 0 amide bonds. The maximum Gasteiger partial charge on any atom is 0.156 e. The number of Topliss-reactive ketones (excluding diaryl/α,β-unsaturated/α-hetero) is 1. The van der Waals surface area contributed by atoms with Crippen molar-refractivity contribution >= 4 is 17.4 Å². The van der Waals surface area contributed by atoms with Gasteiger partial charge in [-0.15, -0.1) is 11.6 Å². The van der Waals surface area contributed by atoms with Crippen LogP contribution in [0.2, 0.25) is 0 Å². The van der Waals surface area contributed by atoms with Crippen LogP contribution in [0.4, 0.5) is 0 Å². The van der Waals surface area contributed by atoms with Gasteiger partial charge in [-0.1, -0.05) is 58.9 Å². The van der Waals surface area contributed by atoms with Crippen molar-refractivity contribution in [2.45, 2.75) is 52.3 Å². The van der Waals surface area contributed by atoms with Crippen LogP contribution in [-0.2, 0) is 11.2 Å². The summed E-state index contributed by atoms with van der Waals surface area (Å²) in [6, 6.07) is 8.37. The van der Waals surface area contributed by atoms with E-state index in [-0.39, 0.29) is 11.2 Å². The molecule has 1 nitrogen and oxygen atoms in total. The van der Waals surface area contributed by atoms with Crippen molar-refractivity contribution in [1.29, 1.82) is 0 Å². The van der Waals surface area contributed by atoms with Crippen molar-refractivity contribution in [3.63, 3.8) is 0 Å². The third kappa shape index (κ3) is 4.13. The number of halogens is 1. The van der Waals surface area contributed by atoms with Gasteiger partial charge < -0.3 is 0 Å². The highest BCUT2D eigenvalue weighted by molar-refractivity contribution is 6.31. The Morgan fingerprint density at radius 3 is 2.06 bits per heavy atom. The lowest BCUT2D eigenvalue weighted by molar-refractivity contribution is -0.125. The Balaban J connectivity index is 2.71. The molecule has 0 radical (unpaired) electrons. The molecule has 0 saturated carbocycles. The topological polar surface area (TPSA) is 17.1 Å². The molecule has 0 fully saturated rings. The van der Waals surface area contributed by atoms with Gasteiger partial charge in [0.2, 0.25) is 0 Å². The van der Waals surface area contributed by atoms with Gasteiger partial charge in [-0.3, -0.25) is 4.79 Å². The van der Waals surface area contributed by atoms with Gasteiger partial charge in [0.05, 0.1) is 5.38 Å². The van der Waals surface area contributed by atoms with Gasteiger partial charge in [0.1, 0.15) is 0 Å². The number of carbonyl (C=O) groups is 1. The van der Waals surface area contributed by atoms with Gasteiger partial charge in [0.25, 0.3) is 0 Å². The number of carbonyl (C=O) groups excluding carboxylic acids is 1. The molecule has 0 saturated heterocycles. The van der Waals surface area contributed by atoms with Crippen LogP contribution < -0.4 is 0 Å². The first kappa shape index (κ1) is 15.2. The van der Waals surface area contributed by atoms with E-state index in [1.165, 1.54) is 5.56 Å². The van der Waals surface area contributed by atoms with Gasteiger partial charge in [-0.05, 0) is 23.5 Å². The average molecular weight is 267 g/mol. The summed E-state index contributed by atoms with van der Waals surface area (Å²) in [5.41, 5.74) is 2.06. The fourth-order valence-electron chi connectivity index (χ4n) is 1.81. The van der Waals surface area contributed by atoms with Crippen LogP contribution in [0.25, 0.3) is 0 Å². The number of hydrogen-bond acceptors (Lipinski definition) is 1. The summed E-state index contributed by atoms with van der Waals surface area (Å²) in [5.74, 6) is 0.638. The van der Waals surface area contributed by atoms with Crippen LogP contribution in [0.1, 0.15) is 51.7 Å². The molecular formula is C16H23ClO. The van der Waals surface area contributed by atoms with Gasteiger partial charge >= 0.3 is 0 Å². The van der Waals surface area contributed by atoms with Gasteiger partial charge in [-0.25, -0.2) is 0 Å². The van der Waals surface area contributed by atoms with E-state index in [2.05, 4.69) is 38.1 Å². The second-order valence-electron chi connectivity index (χ2n) is 6.18. The molecule has 0 aliphatic carbocycles. The molecule has 1 atom stereocenters. The molecule has 0 N–H and O–H groups in total. The number of ketones is 1. The molecular weight excluding hydrogens is 244 g/mol. The van der Waals surface area contributed by atoms with E-state index in [0.717, 1.165) is 5.56 Å². The summed E-state index contributed by atoms with van der Waals surface area (Å²) >= 11 is 6.20. The maximum atomic E-state index is 12.0. The molecule has 0 heterocycles. The SMILES string of the molecule is CC(C)c1ccc(CC(Cl)C(=O)C(C)(C)C)cc1. The van der Waals surface area contributed by atoms with Crippen LogP contribution >= 0.6 is 11.6 Å². The number of alkyl halides is 1. The number of hydrogen-bond donors (Lipinski definition) is 0. The fourth-order valence-corrected chi connectivity index (χ4v) is 2.31. The minimum Gasteiger partial charge on any atom is -0.297 e. The van der Waals surface area contributed by atoms with Crippen LogP contribution in [0.3, 0.4) is 0 Å². The minimum absolute atomic E-state index is 0.108.